The van der Waals surface area contributed by atoms with E-state index in [9.17, 15) is 5.11 Å². The lowest BCUT2D eigenvalue weighted by Gasteiger charge is -2.22. The van der Waals surface area contributed by atoms with Crippen LogP contribution in [0.5, 0.6) is 0 Å². The fourth-order valence-electron chi connectivity index (χ4n) is 1.17. The van der Waals surface area contributed by atoms with E-state index in [1.807, 2.05) is 13.8 Å². The molecule has 1 atom stereocenters. The summed E-state index contributed by atoms with van der Waals surface area (Å²) in [5.41, 5.74) is 2.58. The molecule has 1 heterocycles. The van der Waals surface area contributed by atoms with E-state index in [1.165, 1.54) is 6.33 Å². The third kappa shape index (κ3) is 3.04. The van der Waals surface area contributed by atoms with Crippen LogP contribution in [0.4, 0.5) is 11.6 Å². The van der Waals surface area contributed by atoms with Gasteiger partial charge in [0.05, 0.1) is 5.60 Å². The molecule has 0 aliphatic carbocycles. The highest BCUT2D eigenvalue weighted by Crippen LogP contribution is 2.18. The summed E-state index contributed by atoms with van der Waals surface area (Å²) in [5.74, 6) is 6.57. The van der Waals surface area contributed by atoms with Crippen molar-refractivity contribution in [2.45, 2.75) is 32.8 Å². The minimum Gasteiger partial charge on any atom is -0.388 e. The van der Waals surface area contributed by atoms with Gasteiger partial charge in [0, 0.05) is 12.1 Å². The monoisotopic (exact) mass is 225 g/mol. The summed E-state index contributed by atoms with van der Waals surface area (Å²) in [7, 11) is 0. The Morgan fingerprint density at radius 3 is 2.62 bits per heavy atom. The van der Waals surface area contributed by atoms with Gasteiger partial charge < -0.3 is 15.8 Å². The van der Waals surface area contributed by atoms with E-state index in [0.717, 1.165) is 5.56 Å². The summed E-state index contributed by atoms with van der Waals surface area (Å²) in [4.78, 5) is 8.07. The molecule has 0 spiro atoms. The number of hydrazine groups is 1. The van der Waals surface area contributed by atoms with Gasteiger partial charge in [-0.05, 0) is 20.3 Å². The molecule has 6 heteroatoms. The SMILES string of the molecule is CCC(C)(O)CNc1ncnc(NN)c1C. The minimum absolute atomic E-state index is 0.436. The van der Waals surface area contributed by atoms with Crippen LogP contribution >= 0.6 is 0 Å². The van der Waals surface area contributed by atoms with E-state index in [-0.39, 0.29) is 0 Å². The van der Waals surface area contributed by atoms with Crippen LogP contribution in [-0.4, -0.2) is 27.2 Å². The molecule has 0 bridgehead atoms. The van der Waals surface area contributed by atoms with Gasteiger partial charge in [-0.1, -0.05) is 6.92 Å². The highest BCUT2D eigenvalue weighted by atomic mass is 16.3. The number of rotatable bonds is 5. The van der Waals surface area contributed by atoms with Gasteiger partial charge >= 0.3 is 0 Å². The minimum atomic E-state index is -0.742. The van der Waals surface area contributed by atoms with E-state index in [0.29, 0.717) is 24.6 Å². The maximum Gasteiger partial charge on any atom is 0.148 e. The van der Waals surface area contributed by atoms with Crippen LogP contribution in [0.15, 0.2) is 6.33 Å². The molecule has 90 valence electrons. The maximum absolute atomic E-state index is 9.86. The summed E-state index contributed by atoms with van der Waals surface area (Å²) in [5, 5.41) is 12.9. The average Bonchev–Trinajstić information content (AvgIpc) is 2.28. The summed E-state index contributed by atoms with van der Waals surface area (Å²) in [6.45, 7) is 6.00. The molecule has 1 aromatic heterocycles. The number of nitrogens with two attached hydrogens (primary N) is 1. The van der Waals surface area contributed by atoms with Crippen molar-refractivity contribution < 1.29 is 5.11 Å². The largest absolute Gasteiger partial charge is 0.388 e. The van der Waals surface area contributed by atoms with Crippen molar-refractivity contribution in [2.75, 3.05) is 17.3 Å². The van der Waals surface area contributed by atoms with Gasteiger partial charge in [0.2, 0.25) is 0 Å². The normalized spacial score (nSPS) is 14.3. The highest BCUT2D eigenvalue weighted by Gasteiger charge is 2.18. The zero-order valence-electron chi connectivity index (χ0n) is 9.91. The van der Waals surface area contributed by atoms with E-state index in [4.69, 9.17) is 5.84 Å². The van der Waals surface area contributed by atoms with Crippen molar-refractivity contribution in [1.29, 1.82) is 0 Å². The van der Waals surface area contributed by atoms with Crippen LogP contribution in [-0.2, 0) is 0 Å². The first kappa shape index (κ1) is 12.7. The Morgan fingerprint density at radius 2 is 2.06 bits per heavy atom. The Morgan fingerprint density at radius 1 is 1.44 bits per heavy atom. The lowest BCUT2D eigenvalue weighted by molar-refractivity contribution is 0.0696. The molecule has 5 N–H and O–H groups in total. The van der Waals surface area contributed by atoms with Gasteiger partial charge in [-0.2, -0.15) is 0 Å². The predicted octanol–water partition coefficient (Wildman–Crippen LogP) is 0.644. The lowest BCUT2D eigenvalue weighted by atomic mass is 10.0. The molecule has 0 aliphatic heterocycles. The van der Waals surface area contributed by atoms with Crippen molar-refractivity contribution in [3.63, 3.8) is 0 Å². The molecule has 1 aromatic rings. The number of nitrogen functional groups attached to an aromatic ring is 1. The molecule has 1 rings (SSSR count). The average molecular weight is 225 g/mol. The van der Waals surface area contributed by atoms with Crippen LogP contribution < -0.4 is 16.6 Å². The Kier molecular flexibility index (Phi) is 4.03. The third-order valence-electron chi connectivity index (χ3n) is 2.62. The molecular formula is C10H19N5O. The topological polar surface area (TPSA) is 96.1 Å². The maximum atomic E-state index is 9.86. The summed E-state index contributed by atoms with van der Waals surface area (Å²) < 4.78 is 0. The van der Waals surface area contributed by atoms with Crippen molar-refractivity contribution in [2.24, 2.45) is 5.84 Å². The first-order chi connectivity index (χ1) is 7.50. The van der Waals surface area contributed by atoms with Gasteiger partial charge in [-0.3, -0.25) is 0 Å². The number of nitrogens with zero attached hydrogens (tertiary/aromatic N) is 2. The molecule has 1 unspecified atom stereocenters. The van der Waals surface area contributed by atoms with Crippen LogP contribution in [0.25, 0.3) is 0 Å². The number of nitrogens with one attached hydrogen (secondary N) is 2. The smallest absolute Gasteiger partial charge is 0.148 e. The predicted molar refractivity (Wildman–Crippen MR) is 64.0 cm³/mol. The first-order valence-electron chi connectivity index (χ1n) is 5.24. The van der Waals surface area contributed by atoms with Crippen LogP contribution in [0.3, 0.4) is 0 Å². The van der Waals surface area contributed by atoms with Crippen molar-refractivity contribution in [3.8, 4) is 0 Å². The number of aromatic nitrogens is 2. The standard InChI is InChI=1S/C10H19N5O/c1-4-10(3,16)5-12-8-7(2)9(15-11)14-6-13-8/h6,16H,4-5,11H2,1-3H3,(H2,12,13,14,15). The summed E-state index contributed by atoms with van der Waals surface area (Å²) >= 11 is 0. The Bertz CT molecular complexity index is 353. The van der Waals surface area contributed by atoms with E-state index >= 15 is 0 Å². The van der Waals surface area contributed by atoms with Crippen molar-refractivity contribution in [3.05, 3.63) is 11.9 Å². The molecule has 0 saturated heterocycles. The van der Waals surface area contributed by atoms with Gasteiger partial charge in [0.1, 0.15) is 18.0 Å². The fraction of sp³-hybridized carbons (Fsp3) is 0.600. The van der Waals surface area contributed by atoms with Gasteiger partial charge in [-0.25, -0.2) is 15.8 Å². The molecule has 0 radical (unpaired) electrons. The number of hydrogen-bond donors (Lipinski definition) is 4. The molecule has 16 heavy (non-hydrogen) atoms. The molecular weight excluding hydrogens is 206 g/mol. The highest BCUT2D eigenvalue weighted by molar-refractivity contribution is 5.55. The third-order valence-corrected chi connectivity index (χ3v) is 2.62. The second-order valence-electron chi connectivity index (χ2n) is 4.04. The van der Waals surface area contributed by atoms with E-state index < -0.39 is 5.60 Å². The Hall–Kier alpha value is -1.40. The second kappa shape index (κ2) is 5.09. The molecule has 0 aromatic carbocycles. The quantitative estimate of drug-likeness (QED) is 0.434. The summed E-state index contributed by atoms with van der Waals surface area (Å²) in [6.07, 6.45) is 2.09. The van der Waals surface area contributed by atoms with E-state index in [1.54, 1.807) is 6.92 Å². The zero-order valence-corrected chi connectivity index (χ0v) is 9.91. The van der Waals surface area contributed by atoms with Gasteiger partial charge in [0.25, 0.3) is 0 Å². The molecule has 0 saturated carbocycles. The number of aliphatic hydroxyl groups is 1. The molecule has 6 nitrogen and oxygen atoms in total. The van der Waals surface area contributed by atoms with Crippen molar-refractivity contribution >= 4 is 11.6 Å². The van der Waals surface area contributed by atoms with Crippen LogP contribution in [0.1, 0.15) is 25.8 Å². The van der Waals surface area contributed by atoms with Crippen LogP contribution in [0, 0.1) is 6.92 Å². The van der Waals surface area contributed by atoms with Crippen molar-refractivity contribution in [1.82, 2.24) is 9.97 Å². The second-order valence-corrected chi connectivity index (χ2v) is 4.04. The van der Waals surface area contributed by atoms with Crippen LogP contribution in [0.2, 0.25) is 0 Å². The molecule has 0 aliphatic rings. The van der Waals surface area contributed by atoms with Gasteiger partial charge in [0.15, 0.2) is 0 Å². The first-order valence-corrected chi connectivity index (χ1v) is 5.24. The summed E-state index contributed by atoms with van der Waals surface area (Å²) in [6, 6.07) is 0. The zero-order chi connectivity index (χ0) is 12.2. The number of hydrogen-bond acceptors (Lipinski definition) is 6. The Labute approximate surface area is 95.3 Å². The fourth-order valence-corrected chi connectivity index (χ4v) is 1.17. The number of anilines is 2. The Balaban J connectivity index is 2.75. The molecule has 0 fully saturated rings. The lowest BCUT2D eigenvalue weighted by Crippen LogP contribution is -2.33. The van der Waals surface area contributed by atoms with Gasteiger partial charge in [-0.15, -0.1) is 0 Å². The van der Waals surface area contributed by atoms with E-state index in [2.05, 4.69) is 20.7 Å². The molecule has 0 amide bonds.